The Morgan fingerprint density at radius 3 is 1.89 bits per heavy atom. The zero-order chi connectivity index (χ0) is 31.5. The molecule has 1 aliphatic heterocycles. The van der Waals surface area contributed by atoms with Crippen LogP contribution in [0.2, 0.25) is 0 Å². The summed E-state index contributed by atoms with van der Waals surface area (Å²) in [7, 11) is 0. The minimum atomic E-state index is -0.118. The summed E-state index contributed by atoms with van der Waals surface area (Å²) in [5, 5.41) is 0. The van der Waals surface area contributed by atoms with E-state index in [9.17, 15) is 0 Å². The smallest absolute Gasteiger partial charge is 0.182 e. The van der Waals surface area contributed by atoms with Gasteiger partial charge in [0.2, 0.25) is 0 Å². The normalized spacial score (nSPS) is 13.4. The van der Waals surface area contributed by atoms with Gasteiger partial charge in [-0.25, -0.2) is 15.0 Å². The van der Waals surface area contributed by atoms with Crippen molar-refractivity contribution < 1.29 is 9.47 Å². The number of hydrogen-bond acceptors (Lipinski definition) is 6. The maximum absolute atomic E-state index is 6.68. The molecule has 0 bridgehead atoms. The fourth-order valence-corrected chi connectivity index (χ4v) is 6.70. The Hall–Kier alpha value is -6.14. The molecule has 224 valence electrons. The van der Waals surface area contributed by atoms with Crippen molar-refractivity contribution in [2.24, 2.45) is 0 Å². The molecule has 0 fully saturated rings. The molecule has 47 heavy (non-hydrogen) atoms. The number of hydrogen-bond donors (Lipinski definition) is 0. The van der Waals surface area contributed by atoms with Gasteiger partial charge < -0.3 is 9.47 Å². The van der Waals surface area contributed by atoms with Crippen molar-refractivity contribution in [3.05, 3.63) is 145 Å². The first kappa shape index (κ1) is 27.2. The Balaban J connectivity index is 1.09. The van der Waals surface area contributed by atoms with E-state index in [1.807, 2.05) is 78.9 Å². The third-order valence-electron chi connectivity index (χ3n) is 9.08. The predicted octanol–water partition coefficient (Wildman–Crippen LogP) is 10.1. The lowest BCUT2D eigenvalue weighted by molar-refractivity contribution is 0.361. The van der Waals surface area contributed by atoms with Crippen LogP contribution in [0.3, 0.4) is 0 Å². The Kier molecular flexibility index (Phi) is 6.05. The second kappa shape index (κ2) is 10.5. The van der Waals surface area contributed by atoms with E-state index < -0.39 is 0 Å². The van der Waals surface area contributed by atoms with Gasteiger partial charge in [-0.15, -0.1) is 0 Å². The SMILES string of the molecule is CC1(C)c2ccccc2-c2c1ccc1c2Oc2cccc(-c3ccc(-c4nc(-c5ccccc5)nc(-c5ccccn5)n4)cc3)c2O1. The maximum Gasteiger partial charge on any atom is 0.182 e. The van der Waals surface area contributed by atoms with Gasteiger partial charge in [-0.3, -0.25) is 4.98 Å². The minimum Gasteiger partial charge on any atom is -0.449 e. The van der Waals surface area contributed by atoms with Crippen LogP contribution in [0.4, 0.5) is 0 Å². The molecule has 0 saturated carbocycles. The standard InChI is InChI=1S/C41H28N4O2/c1-41(2)30-15-7-6-13-29(30)35-31(41)22-23-34-37(35)47-33-17-10-14-28(36(33)46-34)25-18-20-27(21-19-25)39-43-38(26-11-4-3-5-12-26)44-40(45-39)32-16-8-9-24-42-32/h3-24H,1-2H3. The number of rotatable bonds is 4. The average Bonchev–Trinajstić information content (AvgIpc) is 3.37. The van der Waals surface area contributed by atoms with Gasteiger partial charge >= 0.3 is 0 Å². The fraction of sp³-hybridized carbons (Fsp3) is 0.0732. The van der Waals surface area contributed by atoms with E-state index in [0.717, 1.165) is 33.6 Å². The summed E-state index contributed by atoms with van der Waals surface area (Å²) >= 11 is 0. The lowest BCUT2D eigenvalue weighted by atomic mass is 9.82. The van der Waals surface area contributed by atoms with Crippen molar-refractivity contribution in [1.29, 1.82) is 0 Å². The highest BCUT2D eigenvalue weighted by molar-refractivity contribution is 5.89. The quantitative estimate of drug-likeness (QED) is 0.198. The monoisotopic (exact) mass is 608 g/mol. The molecule has 6 nitrogen and oxygen atoms in total. The molecule has 5 aromatic carbocycles. The highest BCUT2D eigenvalue weighted by Gasteiger charge is 2.39. The van der Waals surface area contributed by atoms with Crippen molar-refractivity contribution in [2.75, 3.05) is 0 Å². The predicted molar refractivity (Wildman–Crippen MR) is 184 cm³/mol. The summed E-state index contributed by atoms with van der Waals surface area (Å²) in [4.78, 5) is 18.9. The van der Waals surface area contributed by atoms with Crippen LogP contribution in [-0.2, 0) is 5.41 Å². The van der Waals surface area contributed by atoms with Gasteiger partial charge in [0.05, 0.1) is 0 Å². The Labute approximate surface area is 272 Å². The van der Waals surface area contributed by atoms with Gasteiger partial charge in [-0.05, 0) is 46.5 Å². The first-order valence-corrected chi connectivity index (χ1v) is 15.6. The van der Waals surface area contributed by atoms with E-state index in [2.05, 4.69) is 67.4 Å². The number of pyridine rings is 1. The molecule has 2 aromatic heterocycles. The molecule has 0 spiro atoms. The molecular weight excluding hydrogens is 580 g/mol. The minimum absolute atomic E-state index is 0.118. The molecule has 1 aliphatic carbocycles. The second-order valence-corrected chi connectivity index (χ2v) is 12.3. The van der Waals surface area contributed by atoms with Crippen molar-refractivity contribution in [3.63, 3.8) is 0 Å². The summed E-state index contributed by atoms with van der Waals surface area (Å²) in [6.45, 7) is 4.53. The lowest BCUT2D eigenvalue weighted by Gasteiger charge is -2.26. The van der Waals surface area contributed by atoms with Crippen LogP contribution in [0.1, 0.15) is 25.0 Å². The van der Waals surface area contributed by atoms with Gasteiger partial charge in [-0.1, -0.05) is 117 Å². The van der Waals surface area contributed by atoms with Gasteiger partial charge in [0, 0.05) is 33.9 Å². The summed E-state index contributed by atoms with van der Waals surface area (Å²) in [6, 6.07) is 42.7. The number of nitrogens with zero attached hydrogens (tertiary/aromatic N) is 4. The third-order valence-corrected chi connectivity index (χ3v) is 9.08. The second-order valence-electron chi connectivity index (χ2n) is 12.3. The summed E-state index contributed by atoms with van der Waals surface area (Å²) in [6.07, 6.45) is 1.74. The van der Waals surface area contributed by atoms with E-state index in [1.54, 1.807) is 6.20 Å². The molecule has 9 rings (SSSR count). The fourth-order valence-electron chi connectivity index (χ4n) is 6.70. The number of benzene rings is 5. The molecule has 6 heteroatoms. The van der Waals surface area contributed by atoms with E-state index in [-0.39, 0.29) is 5.41 Å². The number of para-hydroxylation sites is 1. The van der Waals surface area contributed by atoms with Crippen molar-refractivity contribution in [2.45, 2.75) is 19.3 Å². The van der Waals surface area contributed by atoms with Gasteiger partial charge in [0.25, 0.3) is 0 Å². The van der Waals surface area contributed by atoms with Crippen LogP contribution in [0.5, 0.6) is 23.0 Å². The van der Waals surface area contributed by atoms with Gasteiger partial charge in [0.1, 0.15) is 5.69 Å². The molecule has 0 unspecified atom stereocenters. The molecular formula is C41H28N4O2. The first-order valence-electron chi connectivity index (χ1n) is 15.6. The van der Waals surface area contributed by atoms with Crippen LogP contribution in [0, 0.1) is 0 Å². The average molecular weight is 609 g/mol. The molecule has 3 heterocycles. The van der Waals surface area contributed by atoms with E-state index in [4.69, 9.17) is 24.4 Å². The van der Waals surface area contributed by atoms with Crippen LogP contribution in [-0.4, -0.2) is 19.9 Å². The summed E-state index contributed by atoms with van der Waals surface area (Å²) in [5.41, 5.74) is 9.14. The zero-order valence-electron chi connectivity index (χ0n) is 25.8. The van der Waals surface area contributed by atoms with E-state index >= 15 is 0 Å². The van der Waals surface area contributed by atoms with Crippen molar-refractivity contribution in [1.82, 2.24) is 19.9 Å². The summed E-state index contributed by atoms with van der Waals surface area (Å²) < 4.78 is 13.3. The van der Waals surface area contributed by atoms with Crippen LogP contribution >= 0.6 is 0 Å². The first-order chi connectivity index (χ1) is 23.0. The van der Waals surface area contributed by atoms with Crippen LogP contribution < -0.4 is 9.47 Å². The van der Waals surface area contributed by atoms with Crippen molar-refractivity contribution >= 4 is 0 Å². The number of aromatic nitrogens is 4. The van der Waals surface area contributed by atoms with Gasteiger partial charge in [-0.2, -0.15) is 0 Å². The maximum atomic E-state index is 6.68. The molecule has 0 atom stereocenters. The zero-order valence-corrected chi connectivity index (χ0v) is 25.8. The molecule has 7 aromatic rings. The highest BCUT2D eigenvalue weighted by Crippen LogP contribution is 2.59. The number of fused-ring (bicyclic) bond motifs is 6. The highest BCUT2D eigenvalue weighted by atomic mass is 16.6. The third kappa shape index (κ3) is 4.41. The van der Waals surface area contributed by atoms with E-state index in [0.29, 0.717) is 40.4 Å². The Morgan fingerprint density at radius 1 is 0.468 bits per heavy atom. The molecule has 0 saturated heterocycles. The topological polar surface area (TPSA) is 70.0 Å². The number of ether oxygens (including phenoxy) is 2. The van der Waals surface area contributed by atoms with Crippen LogP contribution in [0.25, 0.3) is 56.5 Å². The summed E-state index contributed by atoms with van der Waals surface area (Å²) in [5.74, 6) is 4.58. The largest absolute Gasteiger partial charge is 0.449 e. The lowest BCUT2D eigenvalue weighted by Crippen LogP contribution is -2.15. The van der Waals surface area contributed by atoms with Gasteiger partial charge in [0.15, 0.2) is 40.5 Å². The molecule has 0 radical (unpaired) electrons. The molecule has 0 amide bonds. The Morgan fingerprint density at radius 2 is 1.11 bits per heavy atom. The van der Waals surface area contributed by atoms with Crippen molar-refractivity contribution in [3.8, 4) is 79.5 Å². The molecule has 0 N–H and O–H groups in total. The van der Waals surface area contributed by atoms with E-state index in [1.165, 1.54) is 16.7 Å². The van der Waals surface area contributed by atoms with Crippen LogP contribution in [0.15, 0.2) is 134 Å². The Bertz CT molecular complexity index is 2260. The molecule has 2 aliphatic rings.